The Morgan fingerprint density at radius 3 is 2.45 bits per heavy atom. The van der Waals surface area contributed by atoms with Crippen molar-refractivity contribution in [2.45, 2.75) is 25.4 Å². The zero-order valence-electron chi connectivity index (χ0n) is 11.6. The van der Waals surface area contributed by atoms with Gasteiger partial charge in [0.25, 0.3) is 0 Å². The number of nitrogens with one attached hydrogen (secondary N) is 2. The predicted molar refractivity (Wildman–Crippen MR) is 74.6 cm³/mol. The fraction of sp³-hybridized carbons (Fsp3) is 0.429. The van der Waals surface area contributed by atoms with Crippen molar-refractivity contribution >= 4 is 12.0 Å². The molecule has 1 aromatic carbocycles. The molecule has 0 heterocycles. The number of carbonyl (C=O) groups excluding carboxylic acids is 1. The first-order valence-corrected chi connectivity index (χ1v) is 6.35. The van der Waals surface area contributed by atoms with Crippen LogP contribution in [0.1, 0.15) is 12.5 Å². The molecule has 0 aromatic heterocycles. The molecule has 3 N–H and O–H groups in total. The molecular formula is C14H20N2O4. The number of benzene rings is 1. The highest BCUT2D eigenvalue weighted by Gasteiger charge is 2.20. The van der Waals surface area contributed by atoms with Crippen molar-refractivity contribution in [3.05, 3.63) is 35.9 Å². The molecule has 20 heavy (non-hydrogen) atoms. The van der Waals surface area contributed by atoms with Crippen molar-refractivity contribution in [2.24, 2.45) is 0 Å². The lowest BCUT2D eigenvalue weighted by Gasteiger charge is -2.18. The van der Waals surface area contributed by atoms with Crippen LogP contribution in [0.25, 0.3) is 0 Å². The second-order valence-corrected chi connectivity index (χ2v) is 4.55. The molecule has 6 nitrogen and oxygen atoms in total. The van der Waals surface area contributed by atoms with Crippen molar-refractivity contribution in [3.63, 3.8) is 0 Å². The third-order valence-corrected chi connectivity index (χ3v) is 2.68. The van der Waals surface area contributed by atoms with Gasteiger partial charge in [-0.3, -0.25) is 0 Å². The lowest BCUT2D eigenvalue weighted by Crippen LogP contribution is -2.50. The first-order chi connectivity index (χ1) is 9.52. The number of carboxylic acids is 1. The minimum absolute atomic E-state index is 0.189. The van der Waals surface area contributed by atoms with E-state index in [0.717, 1.165) is 5.56 Å². The maximum Gasteiger partial charge on any atom is 0.326 e. The van der Waals surface area contributed by atoms with E-state index in [0.29, 0.717) is 6.61 Å². The minimum atomic E-state index is -1.07. The minimum Gasteiger partial charge on any atom is -0.480 e. The normalized spacial score (nSPS) is 13.3. The summed E-state index contributed by atoms with van der Waals surface area (Å²) in [6, 6.07) is 7.48. The van der Waals surface area contributed by atoms with Gasteiger partial charge in [0.05, 0.1) is 12.6 Å². The number of methoxy groups -OCH3 is 1. The highest BCUT2D eigenvalue weighted by molar-refractivity contribution is 5.82. The first kappa shape index (κ1) is 16.0. The molecule has 0 spiro atoms. The average Bonchev–Trinajstić information content (AvgIpc) is 2.39. The Balaban J connectivity index is 2.55. The Morgan fingerprint density at radius 1 is 1.25 bits per heavy atom. The number of rotatable bonds is 7. The highest BCUT2D eigenvalue weighted by atomic mass is 16.5. The van der Waals surface area contributed by atoms with Gasteiger partial charge in [0.15, 0.2) is 0 Å². The van der Waals surface area contributed by atoms with Crippen LogP contribution in [0.4, 0.5) is 4.79 Å². The molecule has 0 aliphatic rings. The molecule has 0 aliphatic carbocycles. The molecular weight excluding hydrogens is 260 g/mol. The van der Waals surface area contributed by atoms with Gasteiger partial charge in [0, 0.05) is 13.5 Å². The standard InChI is InChI=1S/C14H20N2O4/c1-10(9-20-2)15-14(19)16-12(13(17)18)8-11-6-4-3-5-7-11/h3-7,10,12H,8-9H2,1-2H3,(H,17,18)(H2,15,16,19)/t10?,12-/m0/s1. The van der Waals surface area contributed by atoms with Crippen molar-refractivity contribution < 1.29 is 19.4 Å². The van der Waals surface area contributed by atoms with E-state index in [-0.39, 0.29) is 12.5 Å². The molecule has 0 saturated heterocycles. The van der Waals surface area contributed by atoms with Gasteiger partial charge < -0.3 is 20.5 Å². The molecule has 1 unspecified atom stereocenters. The van der Waals surface area contributed by atoms with Crippen LogP contribution in [0.15, 0.2) is 30.3 Å². The van der Waals surface area contributed by atoms with Gasteiger partial charge >= 0.3 is 12.0 Å². The number of ether oxygens (including phenoxy) is 1. The summed E-state index contributed by atoms with van der Waals surface area (Å²) in [5.74, 6) is -1.07. The Morgan fingerprint density at radius 2 is 1.90 bits per heavy atom. The Kier molecular flexibility index (Phi) is 6.52. The van der Waals surface area contributed by atoms with E-state index in [1.54, 1.807) is 6.92 Å². The second kappa shape index (κ2) is 8.16. The predicted octanol–water partition coefficient (Wildman–Crippen LogP) is 1.02. The molecule has 1 aromatic rings. The molecule has 0 radical (unpaired) electrons. The number of aliphatic carboxylic acids is 1. The Labute approximate surface area is 118 Å². The summed E-state index contributed by atoms with van der Waals surface area (Å²) in [6.07, 6.45) is 0.238. The Hall–Kier alpha value is -2.08. The number of hydrogen-bond donors (Lipinski definition) is 3. The van der Waals surface area contributed by atoms with Gasteiger partial charge in [0.2, 0.25) is 0 Å². The molecule has 1 rings (SSSR count). The van der Waals surface area contributed by atoms with E-state index in [1.807, 2.05) is 30.3 Å². The molecule has 110 valence electrons. The van der Waals surface area contributed by atoms with Crippen molar-refractivity contribution in [1.82, 2.24) is 10.6 Å². The average molecular weight is 280 g/mol. The number of hydrogen-bond acceptors (Lipinski definition) is 3. The van der Waals surface area contributed by atoms with Crippen LogP contribution in [-0.4, -0.2) is 42.9 Å². The van der Waals surface area contributed by atoms with Gasteiger partial charge in [-0.1, -0.05) is 30.3 Å². The van der Waals surface area contributed by atoms with Crippen LogP contribution in [0, 0.1) is 0 Å². The largest absolute Gasteiger partial charge is 0.480 e. The lowest BCUT2D eigenvalue weighted by atomic mass is 10.1. The summed E-state index contributed by atoms with van der Waals surface area (Å²) in [4.78, 5) is 22.9. The second-order valence-electron chi connectivity index (χ2n) is 4.55. The molecule has 2 atom stereocenters. The lowest BCUT2D eigenvalue weighted by molar-refractivity contribution is -0.139. The third-order valence-electron chi connectivity index (χ3n) is 2.68. The third kappa shape index (κ3) is 5.71. The van der Waals surface area contributed by atoms with E-state index >= 15 is 0 Å². The van der Waals surface area contributed by atoms with E-state index in [2.05, 4.69) is 10.6 Å². The zero-order valence-corrected chi connectivity index (χ0v) is 11.6. The number of urea groups is 1. The number of amides is 2. The zero-order chi connectivity index (χ0) is 15.0. The summed E-state index contributed by atoms with van der Waals surface area (Å²) >= 11 is 0. The summed E-state index contributed by atoms with van der Waals surface area (Å²) in [6.45, 7) is 2.14. The van der Waals surface area contributed by atoms with E-state index in [1.165, 1.54) is 7.11 Å². The van der Waals surface area contributed by atoms with Crippen molar-refractivity contribution in [3.8, 4) is 0 Å². The fourth-order valence-electron chi connectivity index (χ4n) is 1.77. The monoisotopic (exact) mass is 280 g/mol. The van der Waals surface area contributed by atoms with E-state index in [9.17, 15) is 9.59 Å². The van der Waals surface area contributed by atoms with Crippen LogP contribution >= 0.6 is 0 Å². The van der Waals surface area contributed by atoms with Gasteiger partial charge in [-0.2, -0.15) is 0 Å². The molecule has 0 saturated carbocycles. The topological polar surface area (TPSA) is 87.7 Å². The van der Waals surface area contributed by atoms with Crippen molar-refractivity contribution in [1.29, 1.82) is 0 Å². The fourth-order valence-corrected chi connectivity index (χ4v) is 1.77. The first-order valence-electron chi connectivity index (χ1n) is 6.35. The van der Waals surface area contributed by atoms with Crippen LogP contribution in [0.5, 0.6) is 0 Å². The van der Waals surface area contributed by atoms with Gasteiger partial charge in [-0.15, -0.1) is 0 Å². The van der Waals surface area contributed by atoms with Crippen LogP contribution in [0.3, 0.4) is 0 Å². The highest BCUT2D eigenvalue weighted by Crippen LogP contribution is 2.03. The molecule has 0 bridgehead atoms. The smallest absolute Gasteiger partial charge is 0.326 e. The van der Waals surface area contributed by atoms with Crippen LogP contribution in [0.2, 0.25) is 0 Å². The van der Waals surface area contributed by atoms with Gasteiger partial charge in [0.1, 0.15) is 6.04 Å². The number of carbonyl (C=O) groups is 2. The van der Waals surface area contributed by atoms with Crippen LogP contribution in [-0.2, 0) is 16.0 Å². The maximum atomic E-state index is 11.7. The maximum absolute atomic E-state index is 11.7. The molecule has 0 fully saturated rings. The molecule has 0 aliphatic heterocycles. The summed E-state index contributed by atoms with van der Waals surface area (Å²) in [7, 11) is 1.53. The van der Waals surface area contributed by atoms with Gasteiger partial charge in [-0.05, 0) is 12.5 Å². The Bertz CT molecular complexity index is 436. The summed E-state index contributed by atoms with van der Waals surface area (Å²) in [5, 5.41) is 14.2. The summed E-state index contributed by atoms with van der Waals surface area (Å²) < 4.78 is 4.89. The molecule has 6 heteroatoms. The SMILES string of the molecule is COCC(C)NC(=O)N[C@@H](Cc1ccccc1)C(=O)O. The van der Waals surface area contributed by atoms with Crippen LogP contribution < -0.4 is 10.6 Å². The molecule has 2 amide bonds. The summed E-state index contributed by atoms with van der Waals surface area (Å²) in [5.41, 5.74) is 0.852. The van der Waals surface area contributed by atoms with Crippen molar-refractivity contribution in [2.75, 3.05) is 13.7 Å². The quantitative estimate of drug-likeness (QED) is 0.695. The van der Waals surface area contributed by atoms with E-state index < -0.39 is 18.0 Å². The van der Waals surface area contributed by atoms with Gasteiger partial charge in [-0.25, -0.2) is 9.59 Å². The van der Waals surface area contributed by atoms with E-state index in [4.69, 9.17) is 9.84 Å². The number of carboxylic acid groups (broad SMARTS) is 1.